The lowest BCUT2D eigenvalue weighted by Gasteiger charge is -1.76. The van der Waals surface area contributed by atoms with E-state index in [1.165, 1.54) is 6.26 Å². The van der Waals surface area contributed by atoms with E-state index in [9.17, 15) is 0 Å². The Kier molecular flexibility index (Phi) is 1.71. The highest BCUT2D eigenvalue weighted by molar-refractivity contribution is 6.47. The van der Waals surface area contributed by atoms with Crippen LogP contribution < -0.4 is 0 Å². The van der Waals surface area contributed by atoms with E-state index in [0.29, 0.717) is 5.02 Å². The van der Waals surface area contributed by atoms with E-state index in [-0.39, 0.29) is 10.2 Å². The summed E-state index contributed by atoms with van der Waals surface area (Å²) in [6.45, 7) is 0. The molecule has 0 saturated heterocycles. The van der Waals surface area contributed by atoms with E-state index < -0.39 is 0 Å². The second kappa shape index (κ2) is 2.18. The molecule has 0 N–H and O–H groups in total. The Morgan fingerprint density at radius 2 is 1.88 bits per heavy atom. The molecule has 0 aromatic carbocycles. The largest absolute Gasteiger partial charge is 0.450 e. The van der Waals surface area contributed by atoms with E-state index >= 15 is 0 Å². The predicted octanol–water partition coefficient (Wildman–Crippen LogP) is 3.24. The average molecular weight is 171 g/mol. The van der Waals surface area contributed by atoms with Gasteiger partial charge < -0.3 is 4.42 Å². The fraction of sp³-hybridized carbons (Fsp3) is 0. The molecular formula is C4HCl3O. The van der Waals surface area contributed by atoms with Gasteiger partial charge in [0.1, 0.15) is 11.3 Å². The monoisotopic (exact) mass is 170 g/mol. The van der Waals surface area contributed by atoms with Crippen LogP contribution in [0.3, 0.4) is 0 Å². The molecular weight excluding hydrogens is 170 g/mol. The Balaban J connectivity index is 3.19. The smallest absolute Gasteiger partial charge is 0.213 e. The predicted molar refractivity (Wildman–Crippen MR) is 33.7 cm³/mol. The Labute approximate surface area is 61.1 Å². The molecule has 0 radical (unpaired) electrons. The second-order valence-electron chi connectivity index (χ2n) is 1.17. The van der Waals surface area contributed by atoms with Crippen molar-refractivity contribution < 1.29 is 4.42 Å². The molecule has 44 valence electrons. The molecule has 0 aliphatic heterocycles. The first kappa shape index (κ1) is 6.27. The maximum atomic E-state index is 5.44. The van der Waals surface area contributed by atoms with Crippen molar-refractivity contribution in [2.24, 2.45) is 0 Å². The Morgan fingerprint density at radius 1 is 1.25 bits per heavy atom. The number of furan rings is 1. The summed E-state index contributed by atoms with van der Waals surface area (Å²) in [6.07, 6.45) is 1.28. The highest BCUT2D eigenvalue weighted by atomic mass is 35.5. The van der Waals surface area contributed by atoms with Crippen LogP contribution in [0.4, 0.5) is 0 Å². The third-order valence-electron chi connectivity index (χ3n) is 0.648. The molecule has 0 amide bonds. The molecule has 0 spiro atoms. The minimum Gasteiger partial charge on any atom is -0.450 e. The molecule has 0 atom stereocenters. The van der Waals surface area contributed by atoms with Crippen molar-refractivity contribution in [1.82, 2.24) is 0 Å². The zero-order valence-electron chi connectivity index (χ0n) is 3.62. The zero-order chi connectivity index (χ0) is 6.15. The molecule has 1 aromatic rings. The number of hydrogen-bond donors (Lipinski definition) is 0. The highest BCUT2D eigenvalue weighted by Gasteiger charge is 2.04. The van der Waals surface area contributed by atoms with Crippen LogP contribution in [0.25, 0.3) is 0 Å². The van der Waals surface area contributed by atoms with Gasteiger partial charge in [-0.05, 0) is 11.6 Å². The first-order valence-corrected chi connectivity index (χ1v) is 2.93. The van der Waals surface area contributed by atoms with Crippen LogP contribution in [0.15, 0.2) is 10.7 Å². The minimum absolute atomic E-state index is 0.136. The van der Waals surface area contributed by atoms with Gasteiger partial charge in [0, 0.05) is 0 Å². The standard InChI is InChI=1S/C4HCl3O/c5-2-1-8-4(7)3(2)6/h1H. The topological polar surface area (TPSA) is 13.1 Å². The van der Waals surface area contributed by atoms with E-state index in [2.05, 4.69) is 4.42 Å². The molecule has 0 aliphatic carbocycles. The summed E-state index contributed by atoms with van der Waals surface area (Å²) in [4.78, 5) is 0. The second-order valence-corrected chi connectivity index (χ2v) is 2.30. The van der Waals surface area contributed by atoms with Crippen molar-refractivity contribution in [1.29, 1.82) is 0 Å². The zero-order valence-corrected chi connectivity index (χ0v) is 5.89. The van der Waals surface area contributed by atoms with Crippen LogP contribution in [0.2, 0.25) is 15.3 Å². The molecule has 0 aliphatic rings. The lowest BCUT2D eigenvalue weighted by molar-refractivity contribution is 0.569. The summed E-state index contributed by atoms with van der Waals surface area (Å²) in [5.41, 5.74) is 0. The van der Waals surface area contributed by atoms with Crippen LogP contribution in [-0.2, 0) is 0 Å². The van der Waals surface area contributed by atoms with Crippen molar-refractivity contribution in [3.8, 4) is 0 Å². The van der Waals surface area contributed by atoms with Crippen molar-refractivity contribution in [3.63, 3.8) is 0 Å². The Bertz CT molecular complexity index is 174. The lowest BCUT2D eigenvalue weighted by atomic mass is 10.7. The van der Waals surface area contributed by atoms with Crippen LogP contribution in [-0.4, -0.2) is 0 Å². The van der Waals surface area contributed by atoms with Gasteiger partial charge in [-0.15, -0.1) is 0 Å². The van der Waals surface area contributed by atoms with Crippen LogP contribution >= 0.6 is 34.8 Å². The number of halogens is 3. The van der Waals surface area contributed by atoms with E-state index in [4.69, 9.17) is 34.8 Å². The first-order valence-electron chi connectivity index (χ1n) is 1.80. The van der Waals surface area contributed by atoms with Crippen LogP contribution in [0.1, 0.15) is 0 Å². The van der Waals surface area contributed by atoms with Crippen LogP contribution in [0, 0.1) is 0 Å². The maximum absolute atomic E-state index is 5.44. The van der Waals surface area contributed by atoms with Gasteiger partial charge >= 0.3 is 0 Å². The molecule has 0 bridgehead atoms. The van der Waals surface area contributed by atoms with E-state index in [1.807, 2.05) is 0 Å². The summed E-state index contributed by atoms with van der Waals surface area (Å²) in [6, 6.07) is 0. The third kappa shape index (κ3) is 0.943. The highest BCUT2D eigenvalue weighted by Crippen LogP contribution is 2.30. The summed E-state index contributed by atoms with van der Waals surface area (Å²) < 4.78 is 4.60. The summed E-state index contributed by atoms with van der Waals surface area (Å²) in [5, 5.41) is 0.752. The van der Waals surface area contributed by atoms with E-state index in [0.717, 1.165) is 0 Å². The molecule has 4 heteroatoms. The molecule has 1 aromatic heterocycles. The van der Waals surface area contributed by atoms with Crippen LogP contribution in [0.5, 0.6) is 0 Å². The van der Waals surface area contributed by atoms with Crippen molar-refractivity contribution in [2.45, 2.75) is 0 Å². The van der Waals surface area contributed by atoms with Gasteiger partial charge in [-0.3, -0.25) is 0 Å². The SMILES string of the molecule is Clc1coc(Cl)c1Cl. The van der Waals surface area contributed by atoms with Gasteiger partial charge in [-0.1, -0.05) is 23.2 Å². The number of rotatable bonds is 0. The van der Waals surface area contributed by atoms with Gasteiger partial charge in [-0.25, -0.2) is 0 Å². The van der Waals surface area contributed by atoms with Crippen molar-refractivity contribution >= 4 is 34.8 Å². The number of hydrogen-bond acceptors (Lipinski definition) is 1. The summed E-state index contributed by atoms with van der Waals surface area (Å²) in [5.74, 6) is 0. The Morgan fingerprint density at radius 3 is 2.00 bits per heavy atom. The quantitative estimate of drug-likeness (QED) is 0.584. The summed E-state index contributed by atoms with van der Waals surface area (Å²) >= 11 is 16.2. The lowest BCUT2D eigenvalue weighted by Crippen LogP contribution is -1.51. The minimum atomic E-state index is 0.136. The van der Waals surface area contributed by atoms with Gasteiger partial charge in [-0.2, -0.15) is 0 Å². The molecule has 0 unspecified atom stereocenters. The van der Waals surface area contributed by atoms with Gasteiger partial charge in [0.25, 0.3) is 0 Å². The van der Waals surface area contributed by atoms with Crippen molar-refractivity contribution in [3.05, 3.63) is 21.5 Å². The molecule has 1 rings (SSSR count). The fourth-order valence-electron chi connectivity index (χ4n) is 0.301. The maximum Gasteiger partial charge on any atom is 0.213 e. The Hall–Kier alpha value is 0.150. The average Bonchev–Trinajstić information content (AvgIpc) is 1.98. The third-order valence-corrected chi connectivity index (χ3v) is 1.77. The van der Waals surface area contributed by atoms with E-state index in [1.54, 1.807) is 0 Å². The van der Waals surface area contributed by atoms with Crippen molar-refractivity contribution in [2.75, 3.05) is 0 Å². The molecule has 0 fully saturated rings. The molecule has 0 saturated carbocycles. The molecule has 1 heterocycles. The van der Waals surface area contributed by atoms with Gasteiger partial charge in [0.15, 0.2) is 0 Å². The fourth-order valence-corrected chi connectivity index (χ4v) is 0.715. The van der Waals surface area contributed by atoms with Gasteiger partial charge in [0.2, 0.25) is 5.22 Å². The normalized spacial score (nSPS) is 9.88. The van der Waals surface area contributed by atoms with Gasteiger partial charge in [0.05, 0.1) is 5.02 Å². The molecule has 1 nitrogen and oxygen atoms in total. The first-order chi connectivity index (χ1) is 3.72. The summed E-state index contributed by atoms with van der Waals surface area (Å²) in [7, 11) is 0. The molecule has 8 heavy (non-hydrogen) atoms.